The van der Waals surface area contributed by atoms with Crippen molar-refractivity contribution in [1.82, 2.24) is 0 Å². The van der Waals surface area contributed by atoms with Crippen LogP contribution >= 0.6 is 11.6 Å². The number of carbonyl (C=O) groups is 1. The molecule has 2 aromatic rings. The van der Waals surface area contributed by atoms with Crippen LogP contribution in [0.1, 0.15) is 5.56 Å². The average molecular weight is 381 g/mol. The van der Waals surface area contributed by atoms with Crippen LogP contribution in [0.3, 0.4) is 0 Å². The fourth-order valence-corrected chi connectivity index (χ4v) is 3.67. The fourth-order valence-electron chi connectivity index (χ4n) is 2.60. The summed E-state index contributed by atoms with van der Waals surface area (Å²) in [6.07, 6.45) is 0.113. The number of halogens is 1. The first-order valence-corrected chi connectivity index (χ1v) is 9.79. The number of benzene rings is 2. The fraction of sp³-hybridized carbons (Fsp3) is 0.235. The Balaban J connectivity index is 1.90. The van der Waals surface area contributed by atoms with Crippen molar-refractivity contribution < 1.29 is 17.9 Å². The van der Waals surface area contributed by atoms with Gasteiger partial charge in [0.25, 0.3) is 5.91 Å². The second-order valence-electron chi connectivity index (χ2n) is 5.82. The molecule has 1 aliphatic heterocycles. The lowest BCUT2D eigenvalue weighted by molar-refractivity contribution is -0.122. The molecule has 3 rings (SSSR count). The Kier molecular flexibility index (Phi) is 4.62. The van der Waals surface area contributed by atoms with Gasteiger partial charge in [0.15, 0.2) is 6.10 Å². The van der Waals surface area contributed by atoms with Crippen molar-refractivity contribution in [2.75, 3.05) is 22.4 Å². The molecule has 1 N–H and O–H groups in total. The molecule has 8 heteroatoms. The number of carbonyl (C=O) groups excluding carboxylic acids is 1. The Morgan fingerprint density at radius 2 is 2.00 bits per heavy atom. The van der Waals surface area contributed by atoms with E-state index >= 15 is 0 Å². The molecule has 0 fully saturated rings. The highest BCUT2D eigenvalue weighted by molar-refractivity contribution is 7.92. The summed E-state index contributed by atoms with van der Waals surface area (Å²) in [6, 6.07) is 12.0. The second-order valence-corrected chi connectivity index (χ2v) is 8.16. The third kappa shape index (κ3) is 3.72. The van der Waals surface area contributed by atoms with Gasteiger partial charge in [-0.25, -0.2) is 8.42 Å². The van der Waals surface area contributed by atoms with Crippen molar-refractivity contribution >= 4 is 38.9 Å². The van der Waals surface area contributed by atoms with Crippen molar-refractivity contribution in [2.24, 2.45) is 0 Å². The predicted octanol–water partition coefficient (Wildman–Crippen LogP) is 2.81. The van der Waals surface area contributed by atoms with E-state index < -0.39 is 22.0 Å². The number of anilines is 2. The minimum absolute atomic E-state index is 0.121. The number of para-hydroxylation sites is 1. The zero-order chi connectivity index (χ0) is 18.2. The van der Waals surface area contributed by atoms with E-state index in [2.05, 4.69) is 5.32 Å². The molecule has 0 bridgehead atoms. The number of aryl methyl sites for hydroxylation is 1. The number of fused-ring (bicyclic) bond motifs is 1. The molecular formula is C17H17ClN2O4S. The molecular weight excluding hydrogens is 364 g/mol. The van der Waals surface area contributed by atoms with E-state index in [0.717, 1.165) is 16.1 Å². The van der Waals surface area contributed by atoms with Crippen LogP contribution in [0.2, 0.25) is 5.02 Å². The van der Waals surface area contributed by atoms with E-state index in [9.17, 15) is 13.2 Å². The number of rotatable bonds is 3. The number of nitrogens with zero attached hydrogens (tertiary/aromatic N) is 1. The molecule has 6 nitrogen and oxygen atoms in total. The largest absolute Gasteiger partial charge is 0.476 e. The van der Waals surface area contributed by atoms with Crippen molar-refractivity contribution in [1.29, 1.82) is 0 Å². The highest BCUT2D eigenvalue weighted by Gasteiger charge is 2.35. The van der Waals surface area contributed by atoms with Gasteiger partial charge in [-0.3, -0.25) is 9.10 Å². The second kappa shape index (κ2) is 6.57. The predicted molar refractivity (Wildman–Crippen MR) is 97.9 cm³/mol. The van der Waals surface area contributed by atoms with Crippen LogP contribution in [-0.4, -0.2) is 33.2 Å². The van der Waals surface area contributed by atoms with Gasteiger partial charge in [-0.15, -0.1) is 0 Å². The lowest BCUT2D eigenvalue weighted by Crippen LogP contribution is -2.48. The minimum Gasteiger partial charge on any atom is -0.476 e. The molecule has 0 spiro atoms. The van der Waals surface area contributed by atoms with Crippen LogP contribution in [0.15, 0.2) is 42.5 Å². The van der Waals surface area contributed by atoms with E-state index in [-0.39, 0.29) is 6.54 Å². The third-order valence-electron chi connectivity index (χ3n) is 3.89. The molecule has 0 saturated carbocycles. The molecule has 0 aromatic heterocycles. The van der Waals surface area contributed by atoms with Crippen LogP contribution in [0.25, 0.3) is 0 Å². The molecule has 1 heterocycles. The molecule has 0 aliphatic carbocycles. The van der Waals surface area contributed by atoms with Gasteiger partial charge >= 0.3 is 0 Å². The number of amides is 1. The first-order valence-electron chi connectivity index (χ1n) is 7.56. The number of ether oxygens (including phenoxy) is 1. The summed E-state index contributed by atoms with van der Waals surface area (Å²) in [7, 11) is -3.59. The van der Waals surface area contributed by atoms with E-state index in [1.165, 1.54) is 6.07 Å². The number of hydrogen-bond donors (Lipinski definition) is 1. The summed E-state index contributed by atoms with van der Waals surface area (Å²) in [5.41, 5.74) is 1.89. The van der Waals surface area contributed by atoms with Crippen LogP contribution in [-0.2, 0) is 14.8 Å². The average Bonchev–Trinajstić information content (AvgIpc) is 2.55. The van der Waals surface area contributed by atoms with Gasteiger partial charge in [0, 0.05) is 10.7 Å². The molecule has 132 valence electrons. The Bertz CT molecular complexity index is 930. The number of hydrogen-bond acceptors (Lipinski definition) is 4. The summed E-state index contributed by atoms with van der Waals surface area (Å²) in [6.45, 7) is 1.75. The molecule has 2 aromatic carbocycles. The Morgan fingerprint density at radius 3 is 2.68 bits per heavy atom. The lowest BCUT2D eigenvalue weighted by atomic mass is 10.2. The van der Waals surface area contributed by atoms with Crippen molar-refractivity contribution in [3.63, 3.8) is 0 Å². The first kappa shape index (κ1) is 17.6. The summed E-state index contributed by atoms with van der Waals surface area (Å²) in [5, 5.41) is 3.17. The van der Waals surface area contributed by atoms with E-state index in [4.69, 9.17) is 16.3 Å². The Morgan fingerprint density at radius 1 is 1.28 bits per heavy atom. The lowest BCUT2D eigenvalue weighted by Gasteiger charge is -2.34. The summed E-state index contributed by atoms with van der Waals surface area (Å²) in [4.78, 5) is 12.6. The molecule has 0 radical (unpaired) electrons. The van der Waals surface area contributed by atoms with Crippen LogP contribution in [0.4, 0.5) is 11.4 Å². The zero-order valence-electron chi connectivity index (χ0n) is 13.7. The van der Waals surface area contributed by atoms with Gasteiger partial charge < -0.3 is 10.1 Å². The molecule has 0 saturated heterocycles. The smallest absolute Gasteiger partial charge is 0.267 e. The quantitative estimate of drug-likeness (QED) is 0.888. The van der Waals surface area contributed by atoms with Crippen molar-refractivity contribution in [2.45, 2.75) is 13.0 Å². The molecule has 1 amide bonds. The monoisotopic (exact) mass is 380 g/mol. The highest BCUT2D eigenvalue weighted by Crippen LogP contribution is 2.37. The van der Waals surface area contributed by atoms with Gasteiger partial charge in [-0.2, -0.15) is 0 Å². The van der Waals surface area contributed by atoms with E-state index in [0.29, 0.717) is 22.1 Å². The first-order chi connectivity index (χ1) is 11.8. The maximum absolute atomic E-state index is 12.6. The summed E-state index contributed by atoms with van der Waals surface area (Å²) >= 11 is 5.96. The Hall–Kier alpha value is -2.25. The molecule has 1 aliphatic rings. The van der Waals surface area contributed by atoms with Gasteiger partial charge in [-0.05, 0) is 36.8 Å². The van der Waals surface area contributed by atoms with Crippen molar-refractivity contribution in [3.05, 3.63) is 53.1 Å². The van der Waals surface area contributed by atoms with E-state index in [1.54, 1.807) is 18.2 Å². The number of sulfonamides is 1. The van der Waals surface area contributed by atoms with Crippen LogP contribution in [0.5, 0.6) is 5.75 Å². The van der Waals surface area contributed by atoms with Gasteiger partial charge in [0.2, 0.25) is 10.0 Å². The minimum atomic E-state index is -3.59. The molecule has 1 unspecified atom stereocenters. The summed E-state index contributed by atoms with van der Waals surface area (Å²) < 4.78 is 31.1. The maximum Gasteiger partial charge on any atom is 0.267 e. The maximum atomic E-state index is 12.6. The normalized spacial score (nSPS) is 16.8. The topological polar surface area (TPSA) is 75.7 Å². The highest BCUT2D eigenvalue weighted by atomic mass is 35.5. The third-order valence-corrected chi connectivity index (χ3v) is 5.27. The van der Waals surface area contributed by atoms with Gasteiger partial charge in [0.1, 0.15) is 5.75 Å². The summed E-state index contributed by atoms with van der Waals surface area (Å²) in [5.74, 6) is -0.116. The van der Waals surface area contributed by atoms with Crippen LogP contribution < -0.4 is 14.4 Å². The zero-order valence-corrected chi connectivity index (χ0v) is 15.3. The van der Waals surface area contributed by atoms with Gasteiger partial charge in [-0.1, -0.05) is 29.8 Å². The van der Waals surface area contributed by atoms with Gasteiger partial charge in [0.05, 0.1) is 18.5 Å². The van der Waals surface area contributed by atoms with Crippen molar-refractivity contribution in [3.8, 4) is 5.75 Å². The van der Waals surface area contributed by atoms with E-state index in [1.807, 2.05) is 25.1 Å². The number of nitrogens with one attached hydrogen (secondary N) is 1. The van der Waals surface area contributed by atoms with Crippen LogP contribution in [0, 0.1) is 6.92 Å². The standard InChI is InChI=1S/C17H17ClN2O4S/c1-11-5-3-4-6-13(11)19-17(21)16-10-20(25(2,22)23)14-9-12(18)7-8-15(14)24-16/h3-9,16H,10H2,1-2H3,(H,19,21). The SMILES string of the molecule is Cc1ccccc1NC(=O)C1CN(S(C)(=O)=O)c2cc(Cl)ccc2O1. The Labute approximate surface area is 151 Å². The molecule has 25 heavy (non-hydrogen) atoms. The molecule has 1 atom stereocenters.